The van der Waals surface area contributed by atoms with Crippen LogP contribution in [-0.4, -0.2) is 33.3 Å². The Bertz CT molecular complexity index is 433. The Morgan fingerprint density at radius 3 is 2.55 bits per heavy atom. The molecule has 5 nitrogen and oxygen atoms in total. The Labute approximate surface area is 121 Å². The highest BCUT2D eigenvalue weighted by atomic mass is 16.5. The number of nitrogens with zero attached hydrogens (tertiary/aromatic N) is 1. The van der Waals surface area contributed by atoms with E-state index >= 15 is 0 Å². The summed E-state index contributed by atoms with van der Waals surface area (Å²) in [5.41, 5.74) is 1.03. The quantitative estimate of drug-likeness (QED) is 0.593. The van der Waals surface area contributed by atoms with Gasteiger partial charge < -0.3 is 20.1 Å². The first-order valence-electron chi connectivity index (χ1n) is 6.98. The monoisotopic (exact) mass is 279 g/mol. The Kier molecular flexibility index (Phi) is 7.32. The number of benzene rings is 1. The number of guanidine groups is 1. The summed E-state index contributed by atoms with van der Waals surface area (Å²) in [6, 6.07) is 5.77. The van der Waals surface area contributed by atoms with Gasteiger partial charge in [-0.05, 0) is 25.5 Å². The number of ether oxygens (including phenoxy) is 2. The van der Waals surface area contributed by atoms with E-state index in [0.29, 0.717) is 6.54 Å². The lowest BCUT2D eigenvalue weighted by atomic mass is 10.2. The van der Waals surface area contributed by atoms with Crippen LogP contribution >= 0.6 is 0 Å². The van der Waals surface area contributed by atoms with Gasteiger partial charge in [-0.2, -0.15) is 0 Å². The Hall–Kier alpha value is -1.91. The van der Waals surface area contributed by atoms with Crippen LogP contribution in [0.5, 0.6) is 11.5 Å². The van der Waals surface area contributed by atoms with Crippen molar-refractivity contribution >= 4 is 5.96 Å². The molecule has 0 unspecified atom stereocenters. The first-order chi connectivity index (χ1) is 9.74. The first-order valence-corrected chi connectivity index (χ1v) is 6.98. The second-order valence-corrected chi connectivity index (χ2v) is 4.30. The Balaban J connectivity index is 2.79. The number of aliphatic imine (C=N–C) groups is 1. The van der Waals surface area contributed by atoms with E-state index in [1.54, 1.807) is 14.2 Å². The number of rotatable bonds is 7. The predicted molar refractivity (Wildman–Crippen MR) is 82.7 cm³/mol. The molecule has 0 aliphatic rings. The van der Waals surface area contributed by atoms with Crippen LogP contribution < -0.4 is 20.1 Å². The van der Waals surface area contributed by atoms with Gasteiger partial charge in [-0.25, -0.2) is 4.99 Å². The van der Waals surface area contributed by atoms with Crippen LogP contribution in [0.4, 0.5) is 0 Å². The number of hydrogen-bond donors (Lipinski definition) is 2. The predicted octanol–water partition coefficient (Wildman–Crippen LogP) is 2.17. The minimum atomic E-state index is 0.562. The van der Waals surface area contributed by atoms with Crippen LogP contribution in [0.2, 0.25) is 0 Å². The van der Waals surface area contributed by atoms with Crippen molar-refractivity contribution in [3.05, 3.63) is 23.8 Å². The average Bonchev–Trinajstić information content (AvgIpc) is 2.49. The lowest BCUT2D eigenvalue weighted by molar-refractivity contribution is 0.391. The molecule has 0 aliphatic heterocycles. The maximum absolute atomic E-state index is 5.37. The van der Waals surface area contributed by atoms with Gasteiger partial charge in [0.05, 0.1) is 20.8 Å². The molecule has 0 saturated heterocycles. The molecule has 1 rings (SSSR count). The zero-order valence-corrected chi connectivity index (χ0v) is 12.8. The third-order valence-corrected chi connectivity index (χ3v) is 2.79. The topological polar surface area (TPSA) is 54.9 Å². The summed E-state index contributed by atoms with van der Waals surface area (Å²) < 4.78 is 10.6. The van der Waals surface area contributed by atoms with Crippen molar-refractivity contribution in [2.24, 2.45) is 4.99 Å². The molecule has 0 aromatic heterocycles. The molecule has 2 N–H and O–H groups in total. The summed E-state index contributed by atoms with van der Waals surface area (Å²) in [6.07, 6.45) is 1.07. The summed E-state index contributed by atoms with van der Waals surface area (Å²) in [4.78, 5) is 4.56. The second-order valence-electron chi connectivity index (χ2n) is 4.30. The lowest BCUT2D eigenvalue weighted by Gasteiger charge is -2.12. The Morgan fingerprint density at radius 1 is 1.15 bits per heavy atom. The van der Waals surface area contributed by atoms with E-state index in [4.69, 9.17) is 9.47 Å². The fraction of sp³-hybridized carbons (Fsp3) is 0.533. The van der Waals surface area contributed by atoms with Crippen molar-refractivity contribution in [1.29, 1.82) is 0 Å². The van der Waals surface area contributed by atoms with Crippen molar-refractivity contribution < 1.29 is 9.47 Å². The SMILES string of the molecule is CCCNC(=NCc1ccc(OC)cc1OC)NCC. The van der Waals surface area contributed by atoms with Crippen molar-refractivity contribution in [3.63, 3.8) is 0 Å². The molecule has 20 heavy (non-hydrogen) atoms. The standard InChI is InChI=1S/C15H25N3O2/c1-5-9-17-15(16-6-2)18-11-12-7-8-13(19-3)10-14(12)20-4/h7-8,10H,5-6,9,11H2,1-4H3,(H2,16,17,18). The van der Waals surface area contributed by atoms with Gasteiger partial charge in [0.2, 0.25) is 0 Å². The van der Waals surface area contributed by atoms with E-state index < -0.39 is 0 Å². The van der Waals surface area contributed by atoms with Crippen molar-refractivity contribution in [1.82, 2.24) is 10.6 Å². The number of hydrogen-bond acceptors (Lipinski definition) is 3. The summed E-state index contributed by atoms with van der Waals surface area (Å²) in [5, 5.41) is 6.50. The molecule has 0 fully saturated rings. The smallest absolute Gasteiger partial charge is 0.191 e. The van der Waals surface area contributed by atoms with Gasteiger partial charge in [-0.3, -0.25) is 0 Å². The van der Waals surface area contributed by atoms with E-state index in [-0.39, 0.29) is 0 Å². The molecule has 0 radical (unpaired) electrons. The van der Waals surface area contributed by atoms with Crippen molar-refractivity contribution in [3.8, 4) is 11.5 Å². The summed E-state index contributed by atoms with van der Waals surface area (Å²) in [6.45, 7) is 6.49. The minimum Gasteiger partial charge on any atom is -0.497 e. The maximum Gasteiger partial charge on any atom is 0.191 e. The van der Waals surface area contributed by atoms with E-state index in [9.17, 15) is 0 Å². The molecule has 0 bridgehead atoms. The highest BCUT2D eigenvalue weighted by Gasteiger charge is 2.05. The average molecular weight is 279 g/mol. The van der Waals surface area contributed by atoms with Gasteiger partial charge >= 0.3 is 0 Å². The van der Waals surface area contributed by atoms with Gasteiger partial charge in [0.1, 0.15) is 11.5 Å². The summed E-state index contributed by atoms with van der Waals surface area (Å²) in [7, 11) is 3.30. The molecule has 1 aromatic carbocycles. The fourth-order valence-electron chi connectivity index (χ4n) is 1.73. The molecule has 0 atom stereocenters. The van der Waals surface area contributed by atoms with Crippen LogP contribution in [-0.2, 0) is 6.54 Å². The van der Waals surface area contributed by atoms with E-state index in [2.05, 4.69) is 29.5 Å². The van der Waals surface area contributed by atoms with Crippen LogP contribution in [0, 0.1) is 0 Å². The van der Waals surface area contributed by atoms with E-state index in [1.165, 1.54) is 0 Å². The van der Waals surface area contributed by atoms with Crippen molar-refractivity contribution in [2.75, 3.05) is 27.3 Å². The molecule has 0 amide bonds. The van der Waals surface area contributed by atoms with Gasteiger partial charge in [-0.15, -0.1) is 0 Å². The normalized spacial score (nSPS) is 11.1. The molecule has 112 valence electrons. The second kappa shape index (κ2) is 9.07. The van der Waals surface area contributed by atoms with Gasteiger partial charge in [0, 0.05) is 24.7 Å². The third-order valence-electron chi connectivity index (χ3n) is 2.79. The maximum atomic E-state index is 5.37. The highest BCUT2D eigenvalue weighted by molar-refractivity contribution is 5.79. The summed E-state index contributed by atoms with van der Waals surface area (Å²) >= 11 is 0. The molecular formula is C15H25N3O2. The van der Waals surface area contributed by atoms with Crippen LogP contribution in [0.3, 0.4) is 0 Å². The Morgan fingerprint density at radius 2 is 1.95 bits per heavy atom. The highest BCUT2D eigenvalue weighted by Crippen LogP contribution is 2.24. The third kappa shape index (κ3) is 4.99. The molecule has 1 aromatic rings. The molecule has 0 heterocycles. The van der Waals surface area contributed by atoms with Gasteiger partial charge in [0.15, 0.2) is 5.96 Å². The van der Waals surface area contributed by atoms with Gasteiger partial charge in [-0.1, -0.05) is 6.92 Å². The zero-order chi connectivity index (χ0) is 14.8. The molecule has 0 spiro atoms. The summed E-state index contributed by atoms with van der Waals surface area (Å²) in [5.74, 6) is 2.40. The largest absolute Gasteiger partial charge is 0.497 e. The van der Waals surface area contributed by atoms with E-state index in [0.717, 1.165) is 42.5 Å². The lowest BCUT2D eigenvalue weighted by Crippen LogP contribution is -2.37. The minimum absolute atomic E-state index is 0.562. The molecule has 0 saturated carbocycles. The van der Waals surface area contributed by atoms with Crippen LogP contribution in [0.25, 0.3) is 0 Å². The van der Waals surface area contributed by atoms with Crippen LogP contribution in [0.1, 0.15) is 25.8 Å². The fourth-order valence-corrected chi connectivity index (χ4v) is 1.73. The van der Waals surface area contributed by atoms with E-state index in [1.807, 2.05) is 18.2 Å². The van der Waals surface area contributed by atoms with Crippen molar-refractivity contribution in [2.45, 2.75) is 26.8 Å². The molecule has 0 aliphatic carbocycles. The number of methoxy groups -OCH3 is 2. The number of nitrogens with one attached hydrogen (secondary N) is 2. The van der Waals surface area contributed by atoms with Gasteiger partial charge in [0.25, 0.3) is 0 Å². The first kappa shape index (κ1) is 16.1. The molecule has 5 heteroatoms. The van der Waals surface area contributed by atoms with Crippen LogP contribution in [0.15, 0.2) is 23.2 Å². The zero-order valence-electron chi connectivity index (χ0n) is 12.8. The molecular weight excluding hydrogens is 254 g/mol.